The number of aliphatic imine (C=N–C) groups is 1. The zero-order valence-corrected chi connectivity index (χ0v) is 20.9. The number of aromatic nitrogens is 2. The van der Waals surface area contributed by atoms with Gasteiger partial charge in [0.2, 0.25) is 0 Å². The van der Waals surface area contributed by atoms with Crippen molar-refractivity contribution in [3.05, 3.63) is 82.7 Å². The summed E-state index contributed by atoms with van der Waals surface area (Å²) in [5.41, 5.74) is 7.18. The monoisotopic (exact) mass is 482 g/mol. The third-order valence-corrected chi connectivity index (χ3v) is 8.68. The van der Waals surface area contributed by atoms with Gasteiger partial charge in [0.15, 0.2) is 0 Å². The molecule has 5 nitrogen and oxygen atoms in total. The summed E-state index contributed by atoms with van der Waals surface area (Å²) in [7, 11) is 0. The number of piperidine rings is 1. The molecule has 1 aliphatic carbocycles. The Hall–Kier alpha value is -3.41. The molecule has 4 heterocycles. The Labute approximate surface area is 211 Å². The van der Waals surface area contributed by atoms with E-state index >= 15 is 0 Å². The predicted octanol–water partition coefficient (Wildman–Crippen LogP) is 5.84. The Morgan fingerprint density at radius 1 is 1.08 bits per heavy atom. The van der Waals surface area contributed by atoms with E-state index in [-0.39, 0.29) is 11.4 Å². The quantitative estimate of drug-likeness (QED) is 0.471. The van der Waals surface area contributed by atoms with Crippen molar-refractivity contribution in [1.29, 1.82) is 0 Å². The van der Waals surface area contributed by atoms with E-state index < -0.39 is 0 Å². The van der Waals surface area contributed by atoms with Crippen LogP contribution in [0.4, 0.5) is 4.39 Å². The van der Waals surface area contributed by atoms with Crippen molar-refractivity contribution in [2.45, 2.75) is 51.5 Å². The molecule has 36 heavy (non-hydrogen) atoms. The summed E-state index contributed by atoms with van der Waals surface area (Å²) in [6, 6.07) is 11.5. The van der Waals surface area contributed by atoms with Crippen molar-refractivity contribution in [3.8, 4) is 11.4 Å². The first-order valence-electron chi connectivity index (χ1n) is 13.0. The first kappa shape index (κ1) is 21.8. The Kier molecular flexibility index (Phi) is 4.73. The molecule has 0 radical (unpaired) electrons. The molecule has 1 atom stereocenters. The molecule has 0 N–H and O–H groups in total. The predicted molar refractivity (Wildman–Crippen MR) is 139 cm³/mol. The van der Waals surface area contributed by atoms with Crippen molar-refractivity contribution < 1.29 is 9.13 Å². The molecule has 4 aliphatic rings. The van der Waals surface area contributed by atoms with Crippen LogP contribution in [0, 0.1) is 18.2 Å². The van der Waals surface area contributed by atoms with Gasteiger partial charge in [-0.05, 0) is 85.9 Å². The molecule has 3 aromatic rings. The van der Waals surface area contributed by atoms with Crippen molar-refractivity contribution in [2.24, 2.45) is 10.4 Å². The number of nitrogens with zero attached hydrogens (tertiary/aromatic N) is 4. The average molecular weight is 483 g/mol. The van der Waals surface area contributed by atoms with Crippen LogP contribution in [0.1, 0.15) is 55.0 Å². The number of amidine groups is 1. The van der Waals surface area contributed by atoms with E-state index in [1.54, 1.807) is 12.1 Å². The first-order chi connectivity index (χ1) is 17.4. The maximum absolute atomic E-state index is 13.7. The lowest BCUT2D eigenvalue weighted by Gasteiger charge is -2.51. The molecule has 2 aromatic carbocycles. The van der Waals surface area contributed by atoms with Gasteiger partial charge in [-0.3, -0.25) is 4.99 Å². The second-order valence-corrected chi connectivity index (χ2v) is 11.2. The number of rotatable bonds is 3. The van der Waals surface area contributed by atoms with Gasteiger partial charge in [-0.2, -0.15) is 0 Å². The third kappa shape index (κ3) is 3.41. The largest absolute Gasteiger partial charge is 0.491 e. The van der Waals surface area contributed by atoms with Crippen LogP contribution in [0.15, 0.2) is 59.5 Å². The number of aryl methyl sites for hydroxylation is 1. The summed E-state index contributed by atoms with van der Waals surface area (Å²) in [6.45, 7) is 6.82. The number of hydrogen-bond donors (Lipinski definition) is 0. The van der Waals surface area contributed by atoms with Crippen LogP contribution in [-0.4, -0.2) is 40.0 Å². The minimum absolute atomic E-state index is 0.185. The zero-order chi connectivity index (χ0) is 24.5. The van der Waals surface area contributed by atoms with E-state index in [1.165, 1.54) is 35.1 Å². The molecule has 3 aliphatic heterocycles. The van der Waals surface area contributed by atoms with Gasteiger partial charge >= 0.3 is 0 Å². The molecule has 1 unspecified atom stereocenters. The van der Waals surface area contributed by atoms with Crippen LogP contribution in [0.2, 0.25) is 0 Å². The fourth-order valence-electron chi connectivity index (χ4n) is 6.35. The Morgan fingerprint density at radius 2 is 1.92 bits per heavy atom. The average Bonchev–Trinajstić information content (AvgIpc) is 3.23. The molecule has 2 fully saturated rings. The summed E-state index contributed by atoms with van der Waals surface area (Å²) in [4.78, 5) is 12.0. The third-order valence-electron chi connectivity index (χ3n) is 8.68. The van der Waals surface area contributed by atoms with Crippen LogP contribution in [0.3, 0.4) is 0 Å². The van der Waals surface area contributed by atoms with Gasteiger partial charge in [-0.1, -0.05) is 18.2 Å². The van der Waals surface area contributed by atoms with Crippen LogP contribution < -0.4 is 4.74 Å². The van der Waals surface area contributed by atoms with Gasteiger partial charge in [0.05, 0.1) is 29.9 Å². The van der Waals surface area contributed by atoms with Gasteiger partial charge in [0.25, 0.3) is 0 Å². The van der Waals surface area contributed by atoms with E-state index in [1.807, 2.05) is 31.6 Å². The number of hydrogen-bond acceptors (Lipinski definition) is 4. The highest BCUT2D eigenvalue weighted by Gasteiger charge is 2.53. The molecule has 0 amide bonds. The molecule has 7 rings (SSSR count). The molecule has 184 valence electrons. The SMILES string of the molecule is Cc1cn(-c2ccc(/C=C3\CC4(CC4)CN4C3=NCCC4(C)c3ccc(F)cc3)c3c2OCC3)cn1. The second kappa shape index (κ2) is 7.79. The smallest absolute Gasteiger partial charge is 0.147 e. The highest BCUT2D eigenvalue weighted by molar-refractivity contribution is 6.04. The topological polar surface area (TPSA) is 42.7 Å². The number of ether oxygens (including phenoxy) is 1. The van der Waals surface area contributed by atoms with Crippen molar-refractivity contribution in [2.75, 3.05) is 19.7 Å². The Bertz CT molecular complexity index is 1420. The molecule has 1 saturated carbocycles. The Balaban J connectivity index is 1.30. The summed E-state index contributed by atoms with van der Waals surface area (Å²) in [5, 5.41) is 0. The number of benzene rings is 2. The fraction of sp³-hybridized carbons (Fsp3) is 0.400. The second-order valence-electron chi connectivity index (χ2n) is 11.2. The van der Waals surface area contributed by atoms with E-state index in [2.05, 4.69) is 39.6 Å². The van der Waals surface area contributed by atoms with Crippen molar-refractivity contribution >= 4 is 11.9 Å². The lowest BCUT2D eigenvalue weighted by molar-refractivity contribution is 0.129. The summed E-state index contributed by atoms with van der Waals surface area (Å²) >= 11 is 0. The molecular formula is C30H31FN4O. The molecule has 0 bridgehead atoms. The number of imidazole rings is 1. The maximum Gasteiger partial charge on any atom is 0.147 e. The molecule has 1 saturated heterocycles. The molecule has 1 spiro atoms. The minimum atomic E-state index is -0.186. The molecule has 6 heteroatoms. The van der Waals surface area contributed by atoms with Crippen molar-refractivity contribution in [1.82, 2.24) is 14.5 Å². The lowest BCUT2D eigenvalue weighted by Crippen LogP contribution is -2.55. The van der Waals surface area contributed by atoms with Gasteiger partial charge in [0.1, 0.15) is 17.4 Å². The molecular weight excluding hydrogens is 451 g/mol. The van der Waals surface area contributed by atoms with E-state index in [9.17, 15) is 4.39 Å². The number of halogens is 1. The van der Waals surface area contributed by atoms with Crippen molar-refractivity contribution in [3.63, 3.8) is 0 Å². The normalized spacial score (nSPS) is 24.9. The molecule has 1 aromatic heterocycles. The van der Waals surface area contributed by atoms with E-state index in [4.69, 9.17) is 9.73 Å². The van der Waals surface area contributed by atoms with E-state index in [0.717, 1.165) is 55.3 Å². The zero-order valence-electron chi connectivity index (χ0n) is 20.9. The first-order valence-corrected chi connectivity index (χ1v) is 13.0. The van der Waals surface area contributed by atoms with Gasteiger partial charge in [0, 0.05) is 31.3 Å². The van der Waals surface area contributed by atoms with E-state index in [0.29, 0.717) is 12.0 Å². The van der Waals surface area contributed by atoms with Crippen LogP contribution in [-0.2, 0) is 12.0 Å². The Morgan fingerprint density at radius 3 is 2.67 bits per heavy atom. The van der Waals surface area contributed by atoms with Crippen LogP contribution in [0.5, 0.6) is 5.75 Å². The number of fused-ring (bicyclic) bond motifs is 2. The maximum atomic E-state index is 13.7. The highest BCUT2D eigenvalue weighted by Crippen LogP contribution is 2.57. The van der Waals surface area contributed by atoms with Gasteiger partial charge in [-0.15, -0.1) is 0 Å². The summed E-state index contributed by atoms with van der Waals surface area (Å²) in [6.07, 6.45) is 11.7. The fourth-order valence-corrected chi connectivity index (χ4v) is 6.35. The lowest BCUT2D eigenvalue weighted by atomic mass is 9.79. The van der Waals surface area contributed by atoms with Crippen LogP contribution in [0.25, 0.3) is 11.8 Å². The standard InChI is InChI=1S/C30H31FN4O/c1-20-17-34(19-33-20)26-8-3-21(25-9-14-36-27(25)26)15-22-16-30(10-11-30)18-35-28(22)32-13-12-29(35,2)23-4-6-24(31)7-5-23/h3-8,15,17,19H,9-14,16,18H2,1-2H3/b22-15+. The van der Waals surface area contributed by atoms with Crippen LogP contribution >= 0.6 is 0 Å². The summed E-state index contributed by atoms with van der Waals surface area (Å²) < 4.78 is 21.9. The highest BCUT2D eigenvalue weighted by atomic mass is 19.1. The van der Waals surface area contributed by atoms with Gasteiger partial charge in [-0.25, -0.2) is 9.37 Å². The summed E-state index contributed by atoms with van der Waals surface area (Å²) in [5.74, 6) is 1.90. The van der Waals surface area contributed by atoms with Gasteiger partial charge < -0.3 is 14.2 Å². The minimum Gasteiger partial charge on any atom is -0.491 e.